The minimum absolute atomic E-state index is 0.294. The molecule has 0 amide bonds. The van der Waals surface area contributed by atoms with Crippen LogP contribution in [0.25, 0.3) is 0 Å². The average Bonchev–Trinajstić information content (AvgIpc) is 2.88. The Hall–Kier alpha value is -1.44. The van der Waals surface area contributed by atoms with Crippen molar-refractivity contribution in [3.8, 4) is 11.5 Å². The number of allylic oxidation sites excluding steroid dienone is 2. The van der Waals surface area contributed by atoms with E-state index in [1.165, 1.54) is 43.2 Å². The molecule has 2 heteroatoms. The molecular weight excluding hydrogens is 260 g/mol. The van der Waals surface area contributed by atoms with Crippen LogP contribution in [-0.2, 0) is 6.42 Å². The Balaban J connectivity index is 1.74. The van der Waals surface area contributed by atoms with Gasteiger partial charge in [0.05, 0.1) is 7.11 Å². The molecule has 1 N–H and O–H groups in total. The van der Waals surface area contributed by atoms with E-state index in [-0.39, 0.29) is 0 Å². The predicted molar refractivity (Wildman–Crippen MR) is 83.9 cm³/mol. The summed E-state index contributed by atoms with van der Waals surface area (Å²) in [5, 5.41) is 10.0. The van der Waals surface area contributed by atoms with Crippen LogP contribution < -0.4 is 4.74 Å². The number of aryl methyl sites for hydroxylation is 1. The molecule has 0 aliphatic heterocycles. The van der Waals surface area contributed by atoms with Crippen LogP contribution in [0.15, 0.2) is 23.3 Å². The van der Waals surface area contributed by atoms with Crippen molar-refractivity contribution < 1.29 is 9.84 Å². The van der Waals surface area contributed by atoms with Gasteiger partial charge in [-0.1, -0.05) is 11.1 Å². The molecule has 112 valence electrons. The van der Waals surface area contributed by atoms with E-state index in [0.29, 0.717) is 17.4 Å². The first kappa shape index (κ1) is 13.2. The van der Waals surface area contributed by atoms with Crippen LogP contribution in [0.3, 0.4) is 0 Å². The molecule has 1 aromatic carbocycles. The van der Waals surface area contributed by atoms with Crippen LogP contribution in [0.5, 0.6) is 11.5 Å². The first-order chi connectivity index (χ1) is 10.2. The van der Waals surface area contributed by atoms with Gasteiger partial charge in [0.15, 0.2) is 11.5 Å². The maximum atomic E-state index is 10.0. The number of methoxy groups -OCH3 is 1. The number of phenols is 1. The van der Waals surface area contributed by atoms with Gasteiger partial charge in [-0.3, -0.25) is 0 Å². The van der Waals surface area contributed by atoms with E-state index in [9.17, 15) is 5.11 Å². The largest absolute Gasteiger partial charge is 0.504 e. The highest BCUT2D eigenvalue weighted by molar-refractivity contribution is 5.49. The van der Waals surface area contributed by atoms with Crippen molar-refractivity contribution in [2.24, 2.45) is 11.8 Å². The third-order valence-corrected chi connectivity index (χ3v) is 6.17. The zero-order chi connectivity index (χ0) is 14.6. The third-order valence-electron chi connectivity index (χ3n) is 6.17. The second kappa shape index (κ2) is 4.79. The molecule has 0 heterocycles. The fourth-order valence-corrected chi connectivity index (χ4v) is 5.16. The van der Waals surface area contributed by atoms with Gasteiger partial charge in [0.25, 0.3) is 0 Å². The molecule has 0 saturated heterocycles. The molecule has 2 nitrogen and oxygen atoms in total. The summed E-state index contributed by atoms with van der Waals surface area (Å²) in [4.78, 5) is 0. The van der Waals surface area contributed by atoms with Gasteiger partial charge in [0.1, 0.15) is 0 Å². The minimum atomic E-state index is 0.294. The second-order valence-corrected chi connectivity index (χ2v) is 7.02. The van der Waals surface area contributed by atoms with E-state index in [1.54, 1.807) is 18.3 Å². The van der Waals surface area contributed by atoms with E-state index in [0.717, 1.165) is 18.3 Å². The van der Waals surface area contributed by atoms with Crippen LogP contribution in [0, 0.1) is 11.8 Å². The summed E-state index contributed by atoms with van der Waals surface area (Å²) in [5.74, 6) is 3.24. The standard InChI is InChI=1S/C19H24O2/c1-11-3-5-14-13(11)7-8-16-15(14)6-4-12-9-18(20)19(21-2)10-17(12)16/h9-10,14-16,20H,3-8H2,1-2H3/t14-,15+,16+/m1/s1. The van der Waals surface area contributed by atoms with Gasteiger partial charge < -0.3 is 9.84 Å². The van der Waals surface area contributed by atoms with E-state index in [4.69, 9.17) is 4.74 Å². The van der Waals surface area contributed by atoms with Crippen LogP contribution in [-0.4, -0.2) is 12.2 Å². The van der Waals surface area contributed by atoms with Crippen molar-refractivity contribution in [2.45, 2.75) is 51.4 Å². The van der Waals surface area contributed by atoms with Crippen molar-refractivity contribution in [2.75, 3.05) is 7.11 Å². The maximum Gasteiger partial charge on any atom is 0.160 e. The maximum absolute atomic E-state index is 10.0. The Morgan fingerprint density at radius 1 is 1.05 bits per heavy atom. The Morgan fingerprint density at radius 3 is 2.67 bits per heavy atom. The third kappa shape index (κ3) is 1.91. The Kier molecular flexibility index (Phi) is 3.02. The number of rotatable bonds is 1. The summed E-state index contributed by atoms with van der Waals surface area (Å²) < 4.78 is 5.34. The van der Waals surface area contributed by atoms with Gasteiger partial charge in [-0.25, -0.2) is 0 Å². The summed E-state index contributed by atoms with van der Waals surface area (Å²) in [6.45, 7) is 2.34. The predicted octanol–water partition coefficient (Wildman–Crippen LogP) is 4.57. The fourth-order valence-electron chi connectivity index (χ4n) is 5.16. The summed E-state index contributed by atoms with van der Waals surface area (Å²) in [6.07, 6.45) is 7.62. The van der Waals surface area contributed by atoms with E-state index in [1.807, 2.05) is 6.07 Å². The average molecular weight is 284 g/mol. The van der Waals surface area contributed by atoms with Gasteiger partial charge in [-0.2, -0.15) is 0 Å². The number of phenolic OH excluding ortho intramolecular Hbond substituents is 1. The SMILES string of the molecule is COc1cc2c(cc1O)CC[C@H]1[C@@H]3CCC(C)=C3CC[C@H]21. The summed E-state index contributed by atoms with van der Waals surface area (Å²) in [5.41, 5.74) is 6.25. The molecule has 3 atom stereocenters. The molecule has 0 radical (unpaired) electrons. The highest BCUT2D eigenvalue weighted by atomic mass is 16.5. The van der Waals surface area contributed by atoms with Gasteiger partial charge in [-0.15, -0.1) is 0 Å². The molecule has 3 aliphatic rings. The number of fused-ring (bicyclic) bond motifs is 5. The lowest BCUT2D eigenvalue weighted by Crippen LogP contribution is -2.31. The van der Waals surface area contributed by atoms with Crippen molar-refractivity contribution in [1.29, 1.82) is 0 Å². The van der Waals surface area contributed by atoms with E-state index >= 15 is 0 Å². The van der Waals surface area contributed by atoms with Crippen LogP contribution in [0.1, 0.15) is 56.1 Å². The molecule has 0 bridgehead atoms. The monoisotopic (exact) mass is 284 g/mol. The highest BCUT2D eigenvalue weighted by Crippen LogP contribution is 2.55. The molecule has 3 aliphatic carbocycles. The summed E-state index contributed by atoms with van der Waals surface area (Å²) in [7, 11) is 1.64. The van der Waals surface area contributed by atoms with Gasteiger partial charge in [0.2, 0.25) is 0 Å². The van der Waals surface area contributed by atoms with E-state index in [2.05, 4.69) is 13.0 Å². The molecule has 0 spiro atoms. The van der Waals surface area contributed by atoms with Crippen molar-refractivity contribution in [1.82, 2.24) is 0 Å². The first-order valence-corrected chi connectivity index (χ1v) is 8.27. The zero-order valence-corrected chi connectivity index (χ0v) is 13.0. The smallest absolute Gasteiger partial charge is 0.160 e. The first-order valence-electron chi connectivity index (χ1n) is 8.27. The highest BCUT2D eigenvalue weighted by Gasteiger charge is 2.42. The molecular formula is C19H24O2. The van der Waals surface area contributed by atoms with Crippen LogP contribution >= 0.6 is 0 Å². The van der Waals surface area contributed by atoms with Crippen molar-refractivity contribution in [3.63, 3.8) is 0 Å². The Morgan fingerprint density at radius 2 is 1.86 bits per heavy atom. The van der Waals surface area contributed by atoms with Crippen LogP contribution in [0.2, 0.25) is 0 Å². The number of benzene rings is 1. The number of aromatic hydroxyl groups is 1. The fraction of sp³-hybridized carbons (Fsp3) is 0.579. The molecule has 1 aromatic rings. The van der Waals surface area contributed by atoms with Gasteiger partial charge >= 0.3 is 0 Å². The van der Waals surface area contributed by atoms with E-state index < -0.39 is 0 Å². The number of hydrogen-bond acceptors (Lipinski definition) is 2. The quantitative estimate of drug-likeness (QED) is 0.766. The normalized spacial score (nSPS) is 30.7. The summed E-state index contributed by atoms with van der Waals surface area (Å²) >= 11 is 0. The Bertz CT molecular complexity index is 614. The second-order valence-electron chi connectivity index (χ2n) is 7.02. The van der Waals surface area contributed by atoms with Crippen molar-refractivity contribution >= 4 is 0 Å². The molecule has 4 rings (SSSR count). The van der Waals surface area contributed by atoms with Crippen molar-refractivity contribution in [3.05, 3.63) is 34.4 Å². The molecule has 1 saturated carbocycles. The molecule has 0 unspecified atom stereocenters. The molecule has 21 heavy (non-hydrogen) atoms. The lowest BCUT2D eigenvalue weighted by Gasteiger charge is -2.42. The number of ether oxygens (including phenoxy) is 1. The number of hydrogen-bond donors (Lipinski definition) is 1. The zero-order valence-electron chi connectivity index (χ0n) is 13.0. The Labute approximate surface area is 126 Å². The van der Waals surface area contributed by atoms with Gasteiger partial charge in [-0.05, 0) is 86.5 Å². The van der Waals surface area contributed by atoms with Gasteiger partial charge in [0, 0.05) is 0 Å². The van der Waals surface area contributed by atoms with Crippen LogP contribution in [0.4, 0.5) is 0 Å². The topological polar surface area (TPSA) is 29.5 Å². The minimum Gasteiger partial charge on any atom is -0.504 e. The summed E-state index contributed by atoms with van der Waals surface area (Å²) in [6, 6.07) is 4.05. The lowest BCUT2D eigenvalue weighted by molar-refractivity contribution is 0.232. The molecule has 1 fully saturated rings. The molecule has 0 aromatic heterocycles. The lowest BCUT2D eigenvalue weighted by atomic mass is 9.62.